The van der Waals surface area contributed by atoms with Gasteiger partial charge in [0, 0.05) is 20.2 Å². The van der Waals surface area contributed by atoms with Crippen molar-refractivity contribution in [2.24, 2.45) is 7.05 Å². The van der Waals surface area contributed by atoms with Gasteiger partial charge in [0.2, 0.25) is 11.0 Å². The Balaban J connectivity index is 1.52. The Hall–Kier alpha value is -1.65. The monoisotopic (exact) mass is 396 g/mol. The molecule has 0 saturated carbocycles. The van der Waals surface area contributed by atoms with Crippen LogP contribution in [-0.2, 0) is 16.6 Å². The number of aromatic nitrogens is 4. The van der Waals surface area contributed by atoms with Crippen molar-refractivity contribution in [3.05, 3.63) is 11.4 Å². The number of nitrogens with one attached hydrogen (secondary N) is 2. The summed E-state index contributed by atoms with van der Waals surface area (Å²) in [7, 11) is 1.86. The Labute approximate surface area is 161 Å². The third-order valence-corrected chi connectivity index (χ3v) is 6.38. The minimum absolute atomic E-state index is 0.0711. The van der Waals surface area contributed by atoms with Gasteiger partial charge < -0.3 is 15.4 Å². The fourth-order valence-corrected chi connectivity index (χ4v) is 4.62. The zero-order chi connectivity index (χ0) is 18.7. The highest BCUT2D eigenvalue weighted by Crippen LogP contribution is 2.30. The van der Waals surface area contributed by atoms with Crippen LogP contribution >= 0.6 is 23.1 Å². The molecule has 2 aromatic rings. The molecule has 0 aliphatic carbocycles. The van der Waals surface area contributed by atoms with Gasteiger partial charge in [0.05, 0.1) is 28.4 Å². The summed E-state index contributed by atoms with van der Waals surface area (Å²) in [5, 5.41) is 19.3. The SMILES string of the molecule is Cc1nn(C)c(C)c1NC(=O)[C@@H](C)Sc1nnc(NC[C@H]2CCCO2)s1. The molecule has 1 amide bonds. The third kappa shape index (κ3) is 4.54. The normalized spacial score (nSPS) is 18.1. The van der Waals surface area contributed by atoms with Crippen LogP contribution in [0.2, 0.25) is 0 Å². The second-order valence-electron chi connectivity index (χ2n) is 6.31. The molecule has 26 heavy (non-hydrogen) atoms. The zero-order valence-electron chi connectivity index (χ0n) is 15.4. The van der Waals surface area contributed by atoms with Gasteiger partial charge in [-0.05, 0) is 33.6 Å². The largest absolute Gasteiger partial charge is 0.376 e. The van der Waals surface area contributed by atoms with Crippen LogP contribution in [0.25, 0.3) is 0 Å². The van der Waals surface area contributed by atoms with E-state index in [1.54, 1.807) is 4.68 Å². The van der Waals surface area contributed by atoms with E-state index in [4.69, 9.17) is 4.74 Å². The lowest BCUT2D eigenvalue weighted by molar-refractivity contribution is -0.115. The van der Waals surface area contributed by atoms with Crippen LogP contribution in [0, 0.1) is 13.8 Å². The molecule has 1 fully saturated rings. The molecular weight excluding hydrogens is 372 g/mol. The van der Waals surface area contributed by atoms with Crippen molar-refractivity contribution in [2.45, 2.75) is 49.3 Å². The Morgan fingerprint density at radius 1 is 1.46 bits per heavy atom. The number of amides is 1. The van der Waals surface area contributed by atoms with Gasteiger partial charge in [-0.15, -0.1) is 10.2 Å². The quantitative estimate of drug-likeness (QED) is 0.695. The van der Waals surface area contributed by atoms with E-state index in [0.29, 0.717) is 0 Å². The van der Waals surface area contributed by atoms with Crippen molar-refractivity contribution in [2.75, 3.05) is 23.8 Å². The molecule has 0 bridgehead atoms. The van der Waals surface area contributed by atoms with Crippen molar-refractivity contribution >= 4 is 39.8 Å². The first-order valence-electron chi connectivity index (χ1n) is 8.60. The fourth-order valence-electron chi connectivity index (χ4n) is 2.72. The van der Waals surface area contributed by atoms with Crippen LogP contribution in [0.5, 0.6) is 0 Å². The molecule has 3 heterocycles. The van der Waals surface area contributed by atoms with Gasteiger partial charge in [0.15, 0.2) is 4.34 Å². The van der Waals surface area contributed by atoms with Crippen LogP contribution in [0.4, 0.5) is 10.8 Å². The van der Waals surface area contributed by atoms with E-state index in [1.165, 1.54) is 23.1 Å². The Kier molecular flexibility index (Phi) is 6.15. The molecule has 10 heteroatoms. The maximum atomic E-state index is 12.5. The van der Waals surface area contributed by atoms with Crippen molar-refractivity contribution in [1.29, 1.82) is 0 Å². The summed E-state index contributed by atoms with van der Waals surface area (Å²) in [6, 6.07) is 0. The predicted octanol–water partition coefficient (Wildman–Crippen LogP) is 2.60. The molecule has 0 unspecified atom stereocenters. The van der Waals surface area contributed by atoms with E-state index in [-0.39, 0.29) is 17.3 Å². The first-order valence-corrected chi connectivity index (χ1v) is 10.3. The topological polar surface area (TPSA) is 94.0 Å². The van der Waals surface area contributed by atoms with E-state index in [2.05, 4.69) is 25.9 Å². The summed E-state index contributed by atoms with van der Waals surface area (Å²) < 4.78 is 8.11. The molecule has 2 N–H and O–H groups in total. The van der Waals surface area contributed by atoms with Crippen LogP contribution in [-0.4, -0.2) is 50.4 Å². The fraction of sp³-hybridized carbons (Fsp3) is 0.625. The van der Waals surface area contributed by atoms with E-state index in [9.17, 15) is 4.79 Å². The lowest BCUT2D eigenvalue weighted by atomic mass is 10.2. The number of rotatable bonds is 7. The van der Waals surface area contributed by atoms with Gasteiger partial charge in [0.25, 0.3) is 0 Å². The minimum Gasteiger partial charge on any atom is -0.376 e. The minimum atomic E-state index is -0.284. The molecule has 1 aliphatic rings. The molecule has 8 nitrogen and oxygen atoms in total. The van der Waals surface area contributed by atoms with E-state index in [1.807, 2.05) is 27.8 Å². The lowest BCUT2D eigenvalue weighted by Gasteiger charge is -2.10. The molecular formula is C16H24N6O2S2. The number of carbonyl (C=O) groups excluding carboxylic acids is 1. The van der Waals surface area contributed by atoms with Crippen molar-refractivity contribution in [3.8, 4) is 0 Å². The van der Waals surface area contributed by atoms with Gasteiger partial charge in [-0.2, -0.15) is 5.10 Å². The molecule has 2 aromatic heterocycles. The number of anilines is 2. The van der Waals surface area contributed by atoms with Crippen LogP contribution in [0.1, 0.15) is 31.2 Å². The number of ether oxygens (including phenoxy) is 1. The highest BCUT2D eigenvalue weighted by molar-refractivity contribution is 8.02. The number of hydrogen-bond acceptors (Lipinski definition) is 8. The van der Waals surface area contributed by atoms with Crippen LogP contribution in [0.15, 0.2) is 4.34 Å². The smallest absolute Gasteiger partial charge is 0.237 e. The molecule has 142 valence electrons. The van der Waals surface area contributed by atoms with Gasteiger partial charge in [-0.25, -0.2) is 0 Å². The molecule has 2 atom stereocenters. The molecule has 1 saturated heterocycles. The standard InChI is InChI=1S/C16H24N6O2S2/c1-9-13(10(2)22(4)21-9)18-14(23)11(3)25-16-20-19-15(26-16)17-8-12-6-5-7-24-12/h11-12H,5-8H2,1-4H3,(H,17,19)(H,18,23)/t11-,12-/m1/s1. The third-order valence-electron chi connectivity index (χ3n) is 4.32. The summed E-state index contributed by atoms with van der Waals surface area (Å²) in [6.45, 7) is 7.27. The van der Waals surface area contributed by atoms with Crippen molar-refractivity contribution < 1.29 is 9.53 Å². The van der Waals surface area contributed by atoms with E-state index < -0.39 is 0 Å². The molecule has 3 rings (SSSR count). The molecule has 1 aliphatic heterocycles. The summed E-state index contributed by atoms with van der Waals surface area (Å²) in [5.41, 5.74) is 2.53. The summed E-state index contributed by atoms with van der Waals surface area (Å²) in [4.78, 5) is 12.5. The van der Waals surface area contributed by atoms with Gasteiger partial charge in [-0.1, -0.05) is 23.1 Å². The maximum Gasteiger partial charge on any atom is 0.237 e. The lowest BCUT2D eigenvalue weighted by Crippen LogP contribution is -2.23. The van der Waals surface area contributed by atoms with Crippen molar-refractivity contribution in [3.63, 3.8) is 0 Å². The summed E-state index contributed by atoms with van der Waals surface area (Å²) in [6.07, 6.45) is 2.45. The van der Waals surface area contributed by atoms with Crippen molar-refractivity contribution in [1.82, 2.24) is 20.0 Å². The molecule has 0 spiro atoms. The number of thioether (sulfide) groups is 1. The number of aryl methyl sites for hydroxylation is 2. The summed E-state index contributed by atoms with van der Waals surface area (Å²) in [5.74, 6) is -0.0711. The average Bonchev–Trinajstić information content (AvgIpc) is 3.32. The first kappa shape index (κ1) is 19.1. The Morgan fingerprint density at radius 3 is 2.92 bits per heavy atom. The second kappa shape index (κ2) is 8.36. The highest BCUT2D eigenvalue weighted by Gasteiger charge is 2.21. The second-order valence-corrected chi connectivity index (χ2v) is 8.87. The number of carbonyl (C=O) groups is 1. The molecule has 0 aromatic carbocycles. The van der Waals surface area contributed by atoms with Crippen LogP contribution in [0.3, 0.4) is 0 Å². The molecule has 0 radical (unpaired) electrons. The van der Waals surface area contributed by atoms with E-state index in [0.717, 1.165) is 52.5 Å². The van der Waals surface area contributed by atoms with Gasteiger partial charge in [-0.3, -0.25) is 9.48 Å². The summed E-state index contributed by atoms with van der Waals surface area (Å²) >= 11 is 2.86. The highest BCUT2D eigenvalue weighted by atomic mass is 32.2. The zero-order valence-corrected chi connectivity index (χ0v) is 17.0. The number of hydrogen-bond donors (Lipinski definition) is 2. The van der Waals surface area contributed by atoms with Gasteiger partial charge in [0.1, 0.15) is 0 Å². The Morgan fingerprint density at radius 2 is 2.27 bits per heavy atom. The van der Waals surface area contributed by atoms with E-state index >= 15 is 0 Å². The predicted molar refractivity (Wildman–Crippen MR) is 104 cm³/mol. The van der Waals surface area contributed by atoms with Crippen LogP contribution < -0.4 is 10.6 Å². The first-order chi connectivity index (χ1) is 12.4. The average molecular weight is 397 g/mol. The number of nitrogens with zero attached hydrogens (tertiary/aromatic N) is 4. The van der Waals surface area contributed by atoms with Gasteiger partial charge >= 0.3 is 0 Å². The Bertz CT molecular complexity index is 769. The maximum absolute atomic E-state index is 12.5.